The van der Waals surface area contributed by atoms with Gasteiger partial charge in [0.05, 0.1) is 22.3 Å². The molecule has 0 aliphatic heterocycles. The zero-order valence-corrected chi connectivity index (χ0v) is 13.1. The normalized spacial score (nSPS) is 17.1. The van der Waals surface area contributed by atoms with Gasteiger partial charge in [0.15, 0.2) is 0 Å². The van der Waals surface area contributed by atoms with E-state index in [0.29, 0.717) is 27.7 Å². The number of benzene rings is 1. The summed E-state index contributed by atoms with van der Waals surface area (Å²) in [5.41, 5.74) is 0.483. The van der Waals surface area contributed by atoms with E-state index >= 15 is 0 Å². The smallest absolute Gasteiger partial charge is 0.238 e. The van der Waals surface area contributed by atoms with Crippen molar-refractivity contribution in [3.8, 4) is 0 Å². The molecule has 1 aromatic carbocycles. The summed E-state index contributed by atoms with van der Waals surface area (Å²) in [6, 6.07) is 5.53. The minimum Gasteiger partial charge on any atom is -0.322 e. The topological polar surface area (TPSA) is 41.1 Å². The SMILES string of the molecule is C[C@H](NCC(=O)Nc1c(Cl)cccc1Cl)C1CCCC1. The summed E-state index contributed by atoms with van der Waals surface area (Å²) in [6.45, 7) is 2.42. The molecule has 1 aliphatic rings. The lowest BCUT2D eigenvalue weighted by molar-refractivity contribution is -0.115. The van der Waals surface area contributed by atoms with Crippen molar-refractivity contribution in [1.29, 1.82) is 0 Å². The number of amides is 1. The summed E-state index contributed by atoms with van der Waals surface area (Å²) >= 11 is 12.0. The number of carbonyl (C=O) groups excluding carboxylic acids is 1. The number of hydrogen-bond acceptors (Lipinski definition) is 2. The van der Waals surface area contributed by atoms with Gasteiger partial charge in [-0.3, -0.25) is 4.79 Å². The molecule has 0 spiro atoms. The molecule has 1 aromatic rings. The van der Waals surface area contributed by atoms with E-state index in [0.717, 1.165) is 0 Å². The van der Waals surface area contributed by atoms with Crippen molar-refractivity contribution in [3.05, 3.63) is 28.2 Å². The number of para-hydroxylation sites is 1. The van der Waals surface area contributed by atoms with Crippen LogP contribution in [0.4, 0.5) is 5.69 Å². The van der Waals surface area contributed by atoms with Gasteiger partial charge >= 0.3 is 0 Å². The molecular formula is C15H20Cl2N2O. The highest BCUT2D eigenvalue weighted by Gasteiger charge is 2.21. The van der Waals surface area contributed by atoms with E-state index < -0.39 is 0 Å². The van der Waals surface area contributed by atoms with Gasteiger partial charge in [-0.15, -0.1) is 0 Å². The molecule has 1 amide bonds. The Morgan fingerprint density at radius 2 is 1.90 bits per heavy atom. The van der Waals surface area contributed by atoms with Crippen molar-refractivity contribution in [1.82, 2.24) is 5.32 Å². The molecule has 1 saturated carbocycles. The van der Waals surface area contributed by atoms with E-state index in [9.17, 15) is 4.79 Å². The van der Waals surface area contributed by atoms with E-state index in [1.165, 1.54) is 25.7 Å². The number of nitrogens with one attached hydrogen (secondary N) is 2. The summed E-state index contributed by atoms with van der Waals surface area (Å²) in [4.78, 5) is 11.9. The van der Waals surface area contributed by atoms with Crippen molar-refractivity contribution >= 4 is 34.8 Å². The van der Waals surface area contributed by atoms with Crippen LogP contribution in [0.15, 0.2) is 18.2 Å². The van der Waals surface area contributed by atoms with E-state index in [2.05, 4.69) is 17.6 Å². The van der Waals surface area contributed by atoms with Crippen molar-refractivity contribution in [3.63, 3.8) is 0 Å². The van der Waals surface area contributed by atoms with Crippen LogP contribution in [-0.4, -0.2) is 18.5 Å². The van der Waals surface area contributed by atoms with Gasteiger partial charge in [0.2, 0.25) is 5.91 Å². The van der Waals surface area contributed by atoms with E-state index in [1.54, 1.807) is 18.2 Å². The van der Waals surface area contributed by atoms with Crippen LogP contribution in [0.2, 0.25) is 10.0 Å². The van der Waals surface area contributed by atoms with Gasteiger partial charge < -0.3 is 10.6 Å². The number of halogens is 2. The van der Waals surface area contributed by atoms with Gasteiger partial charge in [-0.2, -0.15) is 0 Å². The molecular weight excluding hydrogens is 295 g/mol. The predicted molar refractivity (Wildman–Crippen MR) is 84.5 cm³/mol. The fraction of sp³-hybridized carbons (Fsp3) is 0.533. The second-order valence-electron chi connectivity index (χ2n) is 5.36. The first-order chi connectivity index (χ1) is 9.58. The first kappa shape index (κ1) is 15.6. The molecule has 1 fully saturated rings. The van der Waals surface area contributed by atoms with E-state index in [-0.39, 0.29) is 12.5 Å². The predicted octanol–water partition coefficient (Wildman–Crippen LogP) is 4.10. The molecule has 0 saturated heterocycles. The summed E-state index contributed by atoms with van der Waals surface area (Å²) in [6.07, 6.45) is 5.12. The summed E-state index contributed by atoms with van der Waals surface area (Å²) < 4.78 is 0. The van der Waals surface area contributed by atoms with Gasteiger partial charge in [0, 0.05) is 6.04 Å². The van der Waals surface area contributed by atoms with Gasteiger partial charge in [0.25, 0.3) is 0 Å². The van der Waals surface area contributed by atoms with E-state index in [4.69, 9.17) is 23.2 Å². The second-order valence-corrected chi connectivity index (χ2v) is 6.17. The second kappa shape index (κ2) is 7.30. The number of hydrogen-bond donors (Lipinski definition) is 2. The van der Waals surface area contributed by atoms with Crippen LogP contribution in [0.3, 0.4) is 0 Å². The Morgan fingerprint density at radius 3 is 2.50 bits per heavy atom. The number of carbonyl (C=O) groups is 1. The molecule has 0 bridgehead atoms. The van der Waals surface area contributed by atoms with Crippen LogP contribution in [-0.2, 0) is 4.79 Å². The average molecular weight is 315 g/mol. The maximum atomic E-state index is 11.9. The molecule has 3 nitrogen and oxygen atoms in total. The van der Waals surface area contributed by atoms with Crippen molar-refractivity contribution < 1.29 is 4.79 Å². The quantitative estimate of drug-likeness (QED) is 0.859. The molecule has 1 aliphatic carbocycles. The Kier molecular flexibility index (Phi) is 5.70. The van der Waals surface area contributed by atoms with E-state index in [1.807, 2.05) is 0 Å². The molecule has 20 heavy (non-hydrogen) atoms. The fourth-order valence-corrected chi connectivity index (χ4v) is 3.17. The largest absolute Gasteiger partial charge is 0.322 e. The molecule has 0 radical (unpaired) electrons. The van der Waals surface area contributed by atoms with Crippen LogP contribution in [0, 0.1) is 5.92 Å². The minimum atomic E-state index is -0.121. The average Bonchev–Trinajstić information content (AvgIpc) is 2.94. The summed E-state index contributed by atoms with van der Waals surface area (Å²) in [5.74, 6) is 0.566. The van der Waals surface area contributed by atoms with Crippen molar-refractivity contribution in [2.45, 2.75) is 38.6 Å². The zero-order valence-electron chi connectivity index (χ0n) is 11.6. The van der Waals surface area contributed by atoms with Gasteiger partial charge in [-0.25, -0.2) is 0 Å². The van der Waals surface area contributed by atoms with Crippen LogP contribution >= 0.6 is 23.2 Å². The maximum absolute atomic E-state index is 11.9. The van der Waals surface area contributed by atoms with Gasteiger partial charge in [-0.1, -0.05) is 42.1 Å². The highest BCUT2D eigenvalue weighted by molar-refractivity contribution is 6.39. The fourth-order valence-electron chi connectivity index (χ4n) is 2.68. The van der Waals surface area contributed by atoms with Crippen LogP contribution < -0.4 is 10.6 Å². The first-order valence-corrected chi connectivity index (χ1v) is 7.80. The Bertz CT molecular complexity index is 453. The van der Waals surface area contributed by atoms with Crippen molar-refractivity contribution in [2.75, 3.05) is 11.9 Å². The molecule has 2 N–H and O–H groups in total. The lowest BCUT2D eigenvalue weighted by atomic mass is 10.00. The molecule has 0 aromatic heterocycles. The Labute approximate surface area is 130 Å². The highest BCUT2D eigenvalue weighted by Crippen LogP contribution is 2.30. The summed E-state index contributed by atoms with van der Waals surface area (Å²) in [7, 11) is 0. The molecule has 5 heteroatoms. The minimum absolute atomic E-state index is 0.121. The first-order valence-electron chi connectivity index (χ1n) is 7.05. The molecule has 0 unspecified atom stereocenters. The Morgan fingerprint density at radius 1 is 1.30 bits per heavy atom. The van der Waals surface area contributed by atoms with Crippen molar-refractivity contribution in [2.24, 2.45) is 5.92 Å². The molecule has 1 atom stereocenters. The molecule has 2 rings (SSSR count). The van der Waals surface area contributed by atoms with Gasteiger partial charge in [0.1, 0.15) is 0 Å². The third kappa shape index (κ3) is 4.11. The van der Waals surface area contributed by atoms with Crippen LogP contribution in [0.1, 0.15) is 32.6 Å². The lowest BCUT2D eigenvalue weighted by Gasteiger charge is -2.20. The Balaban J connectivity index is 1.83. The third-order valence-corrected chi connectivity index (χ3v) is 4.55. The zero-order chi connectivity index (χ0) is 14.5. The molecule has 0 heterocycles. The number of anilines is 1. The van der Waals surface area contributed by atoms with Crippen LogP contribution in [0.5, 0.6) is 0 Å². The van der Waals surface area contributed by atoms with Crippen LogP contribution in [0.25, 0.3) is 0 Å². The summed E-state index contributed by atoms with van der Waals surface area (Å²) in [5, 5.41) is 6.95. The lowest BCUT2D eigenvalue weighted by Crippen LogP contribution is -2.38. The maximum Gasteiger partial charge on any atom is 0.238 e. The monoisotopic (exact) mass is 314 g/mol. The Hall–Kier alpha value is -0.770. The highest BCUT2D eigenvalue weighted by atomic mass is 35.5. The molecule has 110 valence electrons. The number of rotatable bonds is 5. The van der Waals surface area contributed by atoms with Gasteiger partial charge in [-0.05, 0) is 37.8 Å². The standard InChI is InChI=1S/C15H20Cl2N2O/c1-10(11-5-2-3-6-11)18-9-14(20)19-15-12(16)7-4-8-13(15)17/h4,7-8,10-11,18H,2-3,5-6,9H2,1H3,(H,19,20)/t10-/m0/s1. The third-order valence-electron chi connectivity index (χ3n) is 3.92.